The van der Waals surface area contributed by atoms with Gasteiger partial charge in [-0.2, -0.15) is 0 Å². The van der Waals surface area contributed by atoms with Gasteiger partial charge in [-0.3, -0.25) is 0 Å². The van der Waals surface area contributed by atoms with Crippen molar-refractivity contribution in [1.82, 2.24) is 0 Å². The van der Waals surface area contributed by atoms with Crippen molar-refractivity contribution in [3.8, 4) is 0 Å². The summed E-state index contributed by atoms with van der Waals surface area (Å²) in [6.45, 7) is 4.47. The summed E-state index contributed by atoms with van der Waals surface area (Å²) in [6, 6.07) is 8.42. The fourth-order valence-electron chi connectivity index (χ4n) is 1.30. The van der Waals surface area contributed by atoms with Gasteiger partial charge in [0.2, 0.25) is 0 Å². The van der Waals surface area contributed by atoms with Gasteiger partial charge >= 0.3 is 0 Å². The number of rotatable bonds is 6. The van der Waals surface area contributed by atoms with Crippen LogP contribution >= 0.6 is 11.6 Å². The largest absolute Gasteiger partial charge is 0.382 e. The molecule has 0 fully saturated rings. The maximum atomic E-state index is 5.65. The van der Waals surface area contributed by atoms with Crippen LogP contribution < -0.4 is 5.32 Å². The number of nitrogens with one attached hydrogen (secondary N) is 1. The van der Waals surface area contributed by atoms with E-state index in [0.717, 1.165) is 31.0 Å². The average Bonchev–Trinajstić information content (AvgIpc) is 2.24. The number of alkyl halides is 1. The molecule has 0 aliphatic carbocycles. The van der Waals surface area contributed by atoms with Crippen LogP contribution in [-0.4, -0.2) is 12.4 Å². The molecule has 1 aromatic rings. The van der Waals surface area contributed by atoms with Crippen LogP contribution in [0.1, 0.15) is 12.0 Å². The zero-order valence-electron chi connectivity index (χ0n) is 8.30. The van der Waals surface area contributed by atoms with E-state index >= 15 is 0 Å². The maximum Gasteiger partial charge on any atom is 0.0345 e. The summed E-state index contributed by atoms with van der Waals surface area (Å²) in [5.41, 5.74) is 2.48. The Kier molecular flexibility index (Phi) is 5.16. The lowest BCUT2D eigenvalue weighted by Gasteiger charge is -2.05. The fraction of sp³-hybridized carbons (Fsp3) is 0.333. The van der Waals surface area contributed by atoms with E-state index in [1.165, 1.54) is 5.56 Å². The summed E-state index contributed by atoms with van der Waals surface area (Å²) < 4.78 is 0. The molecule has 0 atom stereocenters. The van der Waals surface area contributed by atoms with Crippen molar-refractivity contribution in [3.05, 3.63) is 42.5 Å². The van der Waals surface area contributed by atoms with E-state index in [4.69, 9.17) is 11.6 Å². The van der Waals surface area contributed by atoms with Gasteiger partial charge in [-0.05, 0) is 30.5 Å². The summed E-state index contributed by atoms with van der Waals surface area (Å²) in [6.07, 6.45) is 3.94. The van der Waals surface area contributed by atoms with Gasteiger partial charge in [0, 0.05) is 18.1 Å². The predicted octanol–water partition coefficient (Wildman–Crippen LogP) is 3.46. The number of halogens is 1. The number of benzene rings is 1. The first kappa shape index (κ1) is 11.1. The molecule has 0 aliphatic rings. The highest BCUT2D eigenvalue weighted by Crippen LogP contribution is 2.12. The Hall–Kier alpha value is -0.950. The van der Waals surface area contributed by atoms with Crippen molar-refractivity contribution in [2.75, 3.05) is 17.7 Å². The van der Waals surface area contributed by atoms with Crippen molar-refractivity contribution in [2.45, 2.75) is 12.8 Å². The van der Waals surface area contributed by atoms with Crippen molar-refractivity contribution >= 4 is 17.3 Å². The van der Waals surface area contributed by atoms with Gasteiger partial charge in [0.15, 0.2) is 0 Å². The van der Waals surface area contributed by atoms with Crippen LogP contribution in [0, 0.1) is 0 Å². The van der Waals surface area contributed by atoms with Gasteiger partial charge in [0.05, 0.1) is 0 Å². The van der Waals surface area contributed by atoms with Crippen LogP contribution in [0.4, 0.5) is 5.69 Å². The lowest BCUT2D eigenvalue weighted by molar-refractivity contribution is 0.929. The van der Waals surface area contributed by atoms with Gasteiger partial charge in [-0.1, -0.05) is 18.2 Å². The Morgan fingerprint density at radius 2 is 2.29 bits per heavy atom. The molecule has 0 aliphatic heterocycles. The normalized spacial score (nSPS) is 9.79. The van der Waals surface area contributed by atoms with E-state index in [1.54, 1.807) is 0 Å². The first-order valence-corrected chi connectivity index (χ1v) is 5.40. The van der Waals surface area contributed by atoms with Crippen LogP contribution in [-0.2, 0) is 6.42 Å². The summed E-state index contributed by atoms with van der Waals surface area (Å²) >= 11 is 5.65. The zero-order chi connectivity index (χ0) is 10.2. The van der Waals surface area contributed by atoms with Gasteiger partial charge in [0.1, 0.15) is 0 Å². The summed E-state index contributed by atoms with van der Waals surface area (Å²) in [7, 11) is 0. The molecular formula is C12H16ClN. The van der Waals surface area contributed by atoms with Crippen LogP contribution in [0.2, 0.25) is 0 Å². The smallest absolute Gasteiger partial charge is 0.0345 e. The Labute approximate surface area is 90.8 Å². The molecule has 14 heavy (non-hydrogen) atoms. The van der Waals surface area contributed by atoms with E-state index in [-0.39, 0.29) is 0 Å². The molecule has 0 unspecified atom stereocenters. The van der Waals surface area contributed by atoms with Gasteiger partial charge in [-0.15, -0.1) is 18.2 Å². The van der Waals surface area contributed by atoms with Gasteiger partial charge < -0.3 is 5.32 Å². The van der Waals surface area contributed by atoms with Crippen molar-refractivity contribution in [3.63, 3.8) is 0 Å². The lowest BCUT2D eigenvalue weighted by Crippen LogP contribution is -1.98. The lowest BCUT2D eigenvalue weighted by atomic mass is 10.1. The first-order valence-electron chi connectivity index (χ1n) is 4.86. The topological polar surface area (TPSA) is 12.0 Å². The summed E-state index contributed by atoms with van der Waals surface area (Å²) in [5, 5.41) is 3.26. The Morgan fingerprint density at radius 1 is 1.43 bits per heavy atom. The highest BCUT2D eigenvalue weighted by molar-refractivity contribution is 6.17. The second-order valence-electron chi connectivity index (χ2n) is 3.16. The molecule has 0 spiro atoms. The van der Waals surface area contributed by atoms with Crippen LogP contribution in [0.5, 0.6) is 0 Å². The minimum absolute atomic E-state index is 0.727. The Bertz CT molecular complexity index is 283. The van der Waals surface area contributed by atoms with Crippen molar-refractivity contribution in [1.29, 1.82) is 0 Å². The van der Waals surface area contributed by atoms with E-state index in [2.05, 4.69) is 36.2 Å². The maximum absolute atomic E-state index is 5.65. The third kappa shape index (κ3) is 3.84. The molecule has 76 valence electrons. The molecule has 1 N–H and O–H groups in total. The quantitative estimate of drug-likeness (QED) is 0.559. The predicted molar refractivity (Wildman–Crippen MR) is 64.2 cm³/mol. The molecule has 0 amide bonds. The Balaban J connectivity index is 2.54. The molecule has 0 aromatic heterocycles. The number of aryl methyl sites for hydroxylation is 1. The number of anilines is 1. The Morgan fingerprint density at radius 3 is 3.00 bits per heavy atom. The highest BCUT2D eigenvalue weighted by Gasteiger charge is 1.94. The highest BCUT2D eigenvalue weighted by atomic mass is 35.5. The molecule has 1 rings (SSSR count). The molecule has 0 saturated heterocycles. The standard InChI is InChI=1S/C12H16ClN/c1-2-9-14-12-7-3-5-11(10-12)6-4-8-13/h2-3,5,7,10,14H,1,4,6,8-9H2. The summed E-state index contributed by atoms with van der Waals surface area (Å²) in [4.78, 5) is 0. The SMILES string of the molecule is C=CCNc1cccc(CCCCl)c1. The molecule has 0 saturated carbocycles. The zero-order valence-corrected chi connectivity index (χ0v) is 9.06. The number of hydrogen-bond acceptors (Lipinski definition) is 1. The average molecular weight is 210 g/mol. The van der Waals surface area contributed by atoms with Crippen molar-refractivity contribution in [2.24, 2.45) is 0 Å². The third-order valence-electron chi connectivity index (χ3n) is 1.98. The minimum atomic E-state index is 0.727. The molecular weight excluding hydrogens is 194 g/mol. The molecule has 2 heteroatoms. The molecule has 0 bridgehead atoms. The van der Waals surface area contributed by atoms with Gasteiger partial charge in [0.25, 0.3) is 0 Å². The van der Waals surface area contributed by atoms with E-state index in [9.17, 15) is 0 Å². The van der Waals surface area contributed by atoms with E-state index in [0.29, 0.717) is 0 Å². The first-order chi connectivity index (χ1) is 6.86. The fourth-order valence-corrected chi connectivity index (χ4v) is 1.43. The van der Waals surface area contributed by atoms with Crippen LogP contribution in [0.3, 0.4) is 0 Å². The summed E-state index contributed by atoms with van der Waals surface area (Å²) in [5.74, 6) is 0.727. The monoisotopic (exact) mass is 209 g/mol. The minimum Gasteiger partial charge on any atom is -0.382 e. The number of hydrogen-bond donors (Lipinski definition) is 1. The molecule has 0 radical (unpaired) electrons. The third-order valence-corrected chi connectivity index (χ3v) is 2.24. The van der Waals surface area contributed by atoms with Crippen molar-refractivity contribution < 1.29 is 0 Å². The van der Waals surface area contributed by atoms with E-state index in [1.807, 2.05) is 6.08 Å². The van der Waals surface area contributed by atoms with Crippen LogP contribution in [0.15, 0.2) is 36.9 Å². The van der Waals surface area contributed by atoms with Crippen LogP contribution in [0.25, 0.3) is 0 Å². The second-order valence-corrected chi connectivity index (χ2v) is 3.54. The van der Waals surface area contributed by atoms with Gasteiger partial charge in [-0.25, -0.2) is 0 Å². The second kappa shape index (κ2) is 6.50. The molecule has 1 aromatic carbocycles. The molecule has 1 nitrogen and oxygen atoms in total. The van der Waals surface area contributed by atoms with E-state index < -0.39 is 0 Å². The molecule has 0 heterocycles.